The highest BCUT2D eigenvalue weighted by Gasteiger charge is 1.90. The highest BCUT2D eigenvalue weighted by Crippen LogP contribution is 2.23. The van der Waals surface area contributed by atoms with Crippen molar-refractivity contribution >= 4 is 42.1 Å². The van der Waals surface area contributed by atoms with Gasteiger partial charge < -0.3 is 0 Å². The lowest BCUT2D eigenvalue weighted by atomic mass is 10.4. The molecule has 0 aliphatic heterocycles. The fourth-order valence-electron chi connectivity index (χ4n) is 0.940. The van der Waals surface area contributed by atoms with Crippen LogP contribution in [-0.4, -0.2) is 32.0 Å². The predicted octanol–water partition coefficient (Wildman–Crippen LogP) is 1.50. The van der Waals surface area contributed by atoms with Gasteiger partial charge in [-0.3, -0.25) is 0 Å². The molecule has 0 nitrogen and oxygen atoms in total. The van der Waals surface area contributed by atoms with Gasteiger partial charge in [0, 0.05) is 32.0 Å². The van der Waals surface area contributed by atoms with Crippen LogP contribution < -0.4 is 0 Å². The third-order valence-corrected chi connectivity index (χ3v) is 5.74. The molecule has 0 aromatic carbocycles. The average molecular weight is 239 g/mol. The molecule has 0 fully saturated rings. The van der Waals surface area contributed by atoms with Gasteiger partial charge in [-0.2, -0.15) is 0 Å². The molecule has 0 aliphatic carbocycles. The van der Waals surface area contributed by atoms with Gasteiger partial charge in [0.15, 0.2) is 0 Å². The summed E-state index contributed by atoms with van der Waals surface area (Å²) in [7, 11) is 6.97. The van der Waals surface area contributed by atoms with E-state index >= 15 is 0 Å². The van der Waals surface area contributed by atoms with Crippen LogP contribution in [0.15, 0.2) is 0 Å². The second-order valence-electron chi connectivity index (χ2n) is 3.06. The molecule has 74 valence electrons. The summed E-state index contributed by atoms with van der Waals surface area (Å²) in [5.41, 5.74) is 0. The number of unbranched alkanes of at least 4 members (excludes halogenated alkanes) is 2. The summed E-state index contributed by atoms with van der Waals surface area (Å²) in [6.45, 7) is 0. The Balaban J connectivity index is 2.73. The van der Waals surface area contributed by atoms with Crippen molar-refractivity contribution in [1.82, 2.24) is 0 Å². The highest BCUT2D eigenvalue weighted by atomic mass is 33.1. The minimum absolute atomic E-state index is 1.38. The van der Waals surface area contributed by atoms with E-state index in [9.17, 15) is 0 Å². The first-order valence-corrected chi connectivity index (χ1v) is 10.5. The molecular formula is C8H22S2Si2. The molecule has 0 heterocycles. The van der Waals surface area contributed by atoms with Crippen LogP contribution in [0.1, 0.15) is 25.7 Å². The predicted molar refractivity (Wildman–Crippen MR) is 72.9 cm³/mol. The van der Waals surface area contributed by atoms with Crippen LogP contribution in [0.3, 0.4) is 0 Å². The lowest BCUT2D eigenvalue weighted by molar-refractivity contribution is 0.893. The average Bonchev–Trinajstić information content (AvgIpc) is 2.10. The van der Waals surface area contributed by atoms with Crippen molar-refractivity contribution in [2.75, 3.05) is 11.5 Å². The second kappa shape index (κ2) is 12.1. The SMILES string of the molecule is [SiH3]CCCCSSCCCC[SiH3]. The van der Waals surface area contributed by atoms with Crippen LogP contribution in [-0.2, 0) is 0 Å². The lowest BCUT2D eigenvalue weighted by Crippen LogP contribution is -1.80. The summed E-state index contributed by atoms with van der Waals surface area (Å²) < 4.78 is 0. The monoisotopic (exact) mass is 238 g/mol. The smallest absolute Gasteiger partial charge is 0.00368 e. The highest BCUT2D eigenvalue weighted by molar-refractivity contribution is 8.76. The molecule has 0 unspecified atom stereocenters. The van der Waals surface area contributed by atoms with Crippen molar-refractivity contribution in [3.63, 3.8) is 0 Å². The number of rotatable bonds is 9. The van der Waals surface area contributed by atoms with E-state index in [1.54, 1.807) is 0 Å². The standard InChI is InChI=1S/C8H22S2Si2/c11-7-3-1-5-9-10-6-2-4-8-12/h1-8H2,11-12H3. The topological polar surface area (TPSA) is 0 Å². The van der Waals surface area contributed by atoms with Gasteiger partial charge in [-0.1, -0.05) is 46.5 Å². The van der Waals surface area contributed by atoms with Crippen molar-refractivity contribution in [1.29, 1.82) is 0 Å². The van der Waals surface area contributed by atoms with E-state index in [0.29, 0.717) is 0 Å². The van der Waals surface area contributed by atoms with Gasteiger partial charge in [0.2, 0.25) is 0 Å². The van der Waals surface area contributed by atoms with Gasteiger partial charge >= 0.3 is 0 Å². The zero-order valence-corrected chi connectivity index (χ0v) is 14.1. The van der Waals surface area contributed by atoms with Crippen LogP contribution in [0.4, 0.5) is 0 Å². The molecule has 0 spiro atoms. The molecule has 0 amide bonds. The fraction of sp³-hybridized carbons (Fsp3) is 1.00. The number of hydrogen-bond acceptors (Lipinski definition) is 2. The Kier molecular flexibility index (Phi) is 13.3. The van der Waals surface area contributed by atoms with Gasteiger partial charge in [0.1, 0.15) is 0 Å². The van der Waals surface area contributed by atoms with Crippen LogP contribution >= 0.6 is 21.6 Å². The van der Waals surface area contributed by atoms with Crippen LogP contribution in [0.5, 0.6) is 0 Å². The Labute approximate surface area is 91.3 Å². The van der Waals surface area contributed by atoms with Gasteiger partial charge in [0.25, 0.3) is 0 Å². The minimum atomic E-state index is 1.38. The van der Waals surface area contributed by atoms with E-state index in [-0.39, 0.29) is 0 Å². The van der Waals surface area contributed by atoms with Crippen LogP contribution in [0.25, 0.3) is 0 Å². The molecule has 0 N–H and O–H groups in total. The molecule has 0 bridgehead atoms. The Morgan fingerprint density at radius 3 is 1.42 bits per heavy atom. The summed E-state index contributed by atoms with van der Waals surface area (Å²) >= 11 is 0. The van der Waals surface area contributed by atoms with Crippen molar-refractivity contribution in [2.24, 2.45) is 0 Å². The third-order valence-electron chi connectivity index (χ3n) is 1.75. The largest absolute Gasteiger partial charge is 0.0942 e. The van der Waals surface area contributed by atoms with Gasteiger partial charge in [0.05, 0.1) is 0 Å². The van der Waals surface area contributed by atoms with Gasteiger partial charge in [-0.05, 0) is 12.8 Å². The molecule has 0 aliphatic rings. The minimum Gasteiger partial charge on any atom is -0.0942 e. The summed E-state index contributed by atoms with van der Waals surface area (Å²) in [6.07, 6.45) is 5.84. The fourth-order valence-corrected chi connectivity index (χ4v) is 4.23. The summed E-state index contributed by atoms with van der Waals surface area (Å²) in [6, 6.07) is 2.98. The number of hydrogen-bond donors (Lipinski definition) is 0. The molecule has 0 aromatic heterocycles. The first-order chi connectivity index (χ1) is 5.91. The van der Waals surface area contributed by atoms with Crippen molar-refractivity contribution in [2.45, 2.75) is 37.8 Å². The second-order valence-corrected chi connectivity index (χ2v) is 7.76. The van der Waals surface area contributed by atoms with Crippen molar-refractivity contribution in [3.8, 4) is 0 Å². The quantitative estimate of drug-likeness (QED) is 0.339. The first kappa shape index (κ1) is 13.1. The lowest BCUT2D eigenvalue weighted by Gasteiger charge is -1.99. The summed E-state index contributed by atoms with van der Waals surface area (Å²) in [5, 5.41) is 0. The van der Waals surface area contributed by atoms with Crippen LogP contribution in [0.2, 0.25) is 12.1 Å². The first-order valence-electron chi connectivity index (χ1n) is 5.16. The third kappa shape index (κ3) is 11.1. The normalized spacial score (nSPS) is 11.0. The zero-order valence-electron chi connectivity index (χ0n) is 8.47. The van der Waals surface area contributed by atoms with Gasteiger partial charge in [-0.15, -0.1) is 0 Å². The Hall–Kier alpha value is 1.13. The maximum Gasteiger partial charge on any atom is 0.00368 e. The molecule has 0 aromatic rings. The van der Waals surface area contributed by atoms with E-state index in [4.69, 9.17) is 0 Å². The Morgan fingerprint density at radius 1 is 0.667 bits per heavy atom. The maximum atomic E-state index is 2.09. The van der Waals surface area contributed by atoms with Crippen molar-refractivity contribution in [3.05, 3.63) is 0 Å². The molecule has 0 saturated carbocycles. The van der Waals surface area contributed by atoms with Crippen molar-refractivity contribution < 1.29 is 0 Å². The molecule has 4 heteroatoms. The van der Waals surface area contributed by atoms with E-state index < -0.39 is 0 Å². The molecule has 12 heavy (non-hydrogen) atoms. The zero-order chi connectivity index (χ0) is 9.07. The van der Waals surface area contributed by atoms with Gasteiger partial charge in [-0.25, -0.2) is 0 Å². The van der Waals surface area contributed by atoms with E-state index in [0.717, 1.165) is 0 Å². The Bertz CT molecular complexity index is 71.5. The molecule has 0 rings (SSSR count). The summed E-state index contributed by atoms with van der Waals surface area (Å²) in [4.78, 5) is 0. The van der Waals surface area contributed by atoms with E-state index in [2.05, 4.69) is 21.6 Å². The molecule has 0 radical (unpaired) electrons. The molecule has 0 atom stereocenters. The summed E-state index contributed by atoms with van der Waals surface area (Å²) in [5.74, 6) is 2.77. The van der Waals surface area contributed by atoms with E-state index in [1.165, 1.54) is 69.8 Å². The molecule has 0 saturated heterocycles. The van der Waals surface area contributed by atoms with E-state index in [1.807, 2.05) is 0 Å². The molecular weight excluding hydrogens is 216 g/mol. The van der Waals surface area contributed by atoms with Crippen LogP contribution in [0, 0.1) is 0 Å². The Morgan fingerprint density at radius 2 is 1.08 bits per heavy atom. The maximum absolute atomic E-state index is 2.09.